The van der Waals surface area contributed by atoms with Crippen LogP contribution in [0.3, 0.4) is 0 Å². The predicted octanol–water partition coefficient (Wildman–Crippen LogP) is 5.33. The second-order valence-electron chi connectivity index (χ2n) is 4.98. The quantitative estimate of drug-likeness (QED) is 0.529. The van der Waals surface area contributed by atoms with E-state index in [2.05, 4.69) is 14.7 Å². The van der Waals surface area contributed by atoms with Crippen LogP contribution in [0.1, 0.15) is 9.67 Å². The summed E-state index contributed by atoms with van der Waals surface area (Å²) in [6, 6.07) is 17.3. The second-order valence-corrected chi connectivity index (χ2v) is 7.17. The van der Waals surface area contributed by atoms with Gasteiger partial charge in [0.15, 0.2) is 5.82 Å². The smallest absolute Gasteiger partial charge is 0.269 e. The van der Waals surface area contributed by atoms with E-state index >= 15 is 0 Å². The molecule has 0 bridgehead atoms. The highest BCUT2D eigenvalue weighted by molar-refractivity contribution is 7.21. The molecule has 1 N–H and O–H groups in total. The Bertz CT molecular complexity index is 1030. The van der Waals surface area contributed by atoms with Crippen LogP contribution in [0.2, 0.25) is 5.02 Å². The van der Waals surface area contributed by atoms with E-state index in [1.54, 1.807) is 0 Å². The highest BCUT2D eigenvalue weighted by atomic mass is 35.5. The Hall–Kier alpha value is -2.28. The van der Waals surface area contributed by atoms with Crippen LogP contribution >= 0.6 is 34.5 Å². The summed E-state index contributed by atoms with van der Waals surface area (Å²) in [6.45, 7) is 0. The van der Waals surface area contributed by atoms with E-state index < -0.39 is 0 Å². The zero-order valence-electron chi connectivity index (χ0n) is 12.2. The van der Waals surface area contributed by atoms with Crippen LogP contribution in [0, 0.1) is 0 Å². The van der Waals surface area contributed by atoms with Crippen LogP contribution < -0.4 is 5.32 Å². The second kappa shape index (κ2) is 6.32. The maximum absolute atomic E-state index is 12.5. The van der Waals surface area contributed by atoms with Crippen molar-refractivity contribution >= 4 is 55.6 Å². The fourth-order valence-electron chi connectivity index (χ4n) is 2.29. The van der Waals surface area contributed by atoms with Crippen LogP contribution in [0.15, 0.2) is 54.6 Å². The molecule has 4 rings (SSSR count). The van der Waals surface area contributed by atoms with Gasteiger partial charge in [0.25, 0.3) is 5.91 Å². The molecule has 7 heteroatoms. The van der Waals surface area contributed by atoms with Gasteiger partial charge in [0.2, 0.25) is 5.13 Å². The average molecular weight is 372 g/mol. The third-order valence-electron chi connectivity index (χ3n) is 3.42. The number of carbonyl (C=O) groups excluding carboxylic acids is 1. The van der Waals surface area contributed by atoms with E-state index in [0.29, 0.717) is 20.9 Å². The van der Waals surface area contributed by atoms with Gasteiger partial charge in [-0.25, -0.2) is 0 Å². The molecule has 4 aromatic rings. The summed E-state index contributed by atoms with van der Waals surface area (Å²) in [5.41, 5.74) is 0.911. The van der Waals surface area contributed by atoms with Crippen molar-refractivity contribution in [3.63, 3.8) is 0 Å². The van der Waals surface area contributed by atoms with Crippen molar-refractivity contribution in [2.45, 2.75) is 0 Å². The van der Waals surface area contributed by atoms with Crippen molar-refractivity contribution in [3.05, 3.63) is 64.5 Å². The van der Waals surface area contributed by atoms with Gasteiger partial charge < -0.3 is 0 Å². The van der Waals surface area contributed by atoms with Crippen LogP contribution in [0.25, 0.3) is 21.5 Å². The first kappa shape index (κ1) is 15.3. The molecule has 0 aliphatic heterocycles. The number of hydrogen-bond donors (Lipinski definition) is 1. The number of amides is 1. The largest absolute Gasteiger partial charge is 0.296 e. The van der Waals surface area contributed by atoms with Crippen LogP contribution in [-0.4, -0.2) is 15.3 Å². The minimum atomic E-state index is -0.267. The minimum absolute atomic E-state index is 0.267. The Morgan fingerprint density at radius 1 is 1.04 bits per heavy atom. The summed E-state index contributed by atoms with van der Waals surface area (Å²) in [5, 5.41) is 4.59. The Morgan fingerprint density at radius 2 is 1.79 bits per heavy atom. The van der Waals surface area contributed by atoms with Crippen molar-refractivity contribution in [2.24, 2.45) is 0 Å². The van der Waals surface area contributed by atoms with Crippen molar-refractivity contribution < 1.29 is 4.79 Å². The molecule has 0 spiro atoms. The highest BCUT2D eigenvalue weighted by Gasteiger charge is 2.18. The standard InChI is InChI=1S/C17H10ClN3OS2/c18-13-11-8-4-5-9-12(11)23-14(13)16(22)20-17-19-15(21-24-17)10-6-2-1-3-7-10/h1-9H,(H,19,20,21,22). The zero-order chi connectivity index (χ0) is 16.5. The topological polar surface area (TPSA) is 54.9 Å². The number of nitrogens with zero attached hydrogens (tertiary/aromatic N) is 2. The molecule has 0 fully saturated rings. The number of thiophene rings is 1. The predicted molar refractivity (Wildman–Crippen MR) is 100 cm³/mol. The maximum atomic E-state index is 12.5. The molecule has 0 unspecified atom stereocenters. The van der Waals surface area contributed by atoms with Gasteiger partial charge in [-0.1, -0.05) is 60.1 Å². The van der Waals surface area contributed by atoms with E-state index in [1.807, 2.05) is 54.6 Å². The third kappa shape index (κ3) is 2.80. The van der Waals surface area contributed by atoms with Gasteiger partial charge in [-0.15, -0.1) is 11.3 Å². The van der Waals surface area contributed by atoms with Gasteiger partial charge >= 0.3 is 0 Å². The summed E-state index contributed by atoms with van der Waals surface area (Å²) in [7, 11) is 0. The number of hydrogen-bond acceptors (Lipinski definition) is 5. The van der Waals surface area contributed by atoms with Crippen LogP contribution in [0.4, 0.5) is 5.13 Å². The molecule has 2 heterocycles. The molecule has 0 radical (unpaired) electrons. The number of halogens is 1. The Kier molecular flexibility index (Phi) is 4.02. The van der Waals surface area contributed by atoms with Gasteiger partial charge in [-0.2, -0.15) is 9.36 Å². The lowest BCUT2D eigenvalue weighted by Gasteiger charge is -1.98. The summed E-state index contributed by atoms with van der Waals surface area (Å²) in [6.07, 6.45) is 0. The number of aromatic nitrogens is 2. The molecule has 0 aliphatic carbocycles. The van der Waals surface area contributed by atoms with E-state index in [0.717, 1.165) is 27.2 Å². The molecule has 118 valence electrons. The first-order valence-corrected chi connectivity index (χ1v) is 9.06. The molecule has 0 atom stereocenters. The molecule has 4 nitrogen and oxygen atoms in total. The summed E-state index contributed by atoms with van der Waals surface area (Å²) < 4.78 is 5.27. The van der Waals surface area contributed by atoms with Crippen LogP contribution in [-0.2, 0) is 0 Å². The lowest BCUT2D eigenvalue weighted by molar-refractivity contribution is 0.103. The number of fused-ring (bicyclic) bond motifs is 1. The molecule has 1 amide bonds. The fourth-order valence-corrected chi connectivity index (χ4v) is 4.29. The SMILES string of the molecule is O=C(Nc1nc(-c2ccccc2)ns1)c1sc2ccccc2c1Cl. The highest BCUT2D eigenvalue weighted by Crippen LogP contribution is 2.35. The van der Waals surface area contributed by atoms with E-state index in [4.69, 9.17) is 11.6 Å². The van der Waals surface area contributed by atoms with Crippen molar-refractivity contribution in [1.82, 2.24) is 9.36 Å². The first-order valence-electron chi connectivity index (χ1n) is 7.10. The molecular weight excluding hydrogens is 362 g/mol. The molecule has 2 aromatic carbocycles. The van der Waals surface area contributed by atoms with E-state index in [-0.39, 0.29) is 5.91 Å². The lowest BCUT2D eigenvalue weighted by Crippen LogP contribution is -2.10. The molecule has 24 heavy (non-hydrogen) atoms. The lowest BCUT2D eigenvalue weighted by atomic mass is 10.2. The minimum Gasteiger partial charge on any atom is -0.296 e. The molecule has 0 saturated heterocycles. The number of anilines is 1. The van der Waals surface area contributed by atoms with Gasteiger partial charge in [0.05, 0.1) is 5.02 Å². The molecular formula is C17H10ClN3OS2. The number of benzene rings is 2. The van der Waals surface area contributed by atoms with E-state index in [9.17, 15) is 4.79 Å². The van der Waals surface area contributed by atoms with Crippen molar-refractivity contribution in [3.8, 4) is 11.4 Å². The van der Waals surface area contributed by atoms with Gasteiger partial charge in [-0.05, 0) is 6.07 Å². The zero-order valence-corrected chi connectivity index (χ0v) is 14.6. The van der Waals surface area contributed by atoms with Gasteiger partial charge in [-0.3, -0.25) is 10.1 Å². The Balaban J connectivity index is 1.60. The molecule has 0 saturated carbocycles. The van der Waals surface area contributed by atoms with Crippen molar-refractivity contribution in [1.29, 1.82) is 0 Å². The molecule has 0 aliphatic rings. The third-order valence-corrected chi connectivity index (χ3v) is 5.72. The van der Waals surface area contributed by atoms with Gasteiger partial charge in [0.1, 0.15) is 4.88 Å². The van der Waals surface area contributed by atoms with E-state index in [1.165, 1.54) is 11.3 Å². The fraction of sp³-hybridized carbons (Fsp3) is 0. The number of carbonyl (C=O) groups is 1. The average Bonchev–Trinajstić information content (AvgIpc) is 3.21. The van der Waals surface area contributed by atoms with Crippen LogP contribution in [0.5, 0.6) is 0 Å². The summed E-state index contributed by atoms with van der Waals surface area (Å²) >= 11 is 8.85. The molecule has 2 aromatic heterocycles. The van der Waals surface area contributed by atoms with Crippen molar-refractivity contribution in [2.75, 3.05) is 5.32 Å². The summed E-state index contributed by atoms with van der Waals surface area (Å²) in [5.74, 6) is 0.329. The Labute approximate surface area is 150 Å². The summed E-state index contributed by atoms with van der Waals surface area (Å²) in [4.78, 5) is 17.4. The number of nitrogens with one attached hydrogen (secondary N) is 1. The number of rotatable bonds is 3. The normalized spacial score (nSPS) is 10.9. The first-order chi connectivity index (χ1) is 11.7. The maximum Gasteiger partial charge on any atom is 0.269 e. The monoisotopic (exact) mass is 371 g/mol. The van der Waals surface area contributed by atoms with Gasteiger partial charge in [0, 0.05) is 27.2 Å². The Morgan fingerprint density at radius 3 is 2.58 bits per heavy atom.